The van der Waals surface area contributed by atoms with Crippen LogP contribution in [-0.4, -0.2) is 37.1 Å². The Kier molecular flexibility index (Phi) is 4.50. The molecule has 0 bridgehead atoms. The van der Waals surface area contributed by atoms with E-state index in [0.29, 0.717) is 12.3 Å². The summed E-state index contributed by atoms with van der Waals surface area (Å²) in [5.74, 6) is -4.94. The molecule has 0 amide bonds. The van der Waals surface area contributed by atoms with Gasteiger partial charge in [-0.2, -0.15) is 13.2 Å². The summed E-state index contributed by atoms with van der Waals surface area (Å²) in [6.07, 6.45) is -4.55. The van der Waals surface area contributed by atoms with Gasteiger partial charge in [0.2, 0.25) is 0 Å². The molecule has 0 aliphatic carbocycles. The lowest BCUT2D eigenvalue weighted by Crippen LogP contribution is -2.46. The summed E-state index contributed by atoms with van der Waals surface area (Å²) < 4.78 is 69.9. The molecule has 2 rings (SSSR count). The first-order valence-electron chi connectivity index (χ1n) is 6.84. The summed E-state index contributed by atoms with van der Waals surface area (Å²) >= 11 is 0. The van der Waals surface area contributed by atoms with E-state index >= 15 is 0 Å². The first kappa shape index (κ1) is 17.4. The van der Waals surface area contributed by atoms with Crippen LogP contribution in [0, 0.1) is 5.92 Å². The van der Waals surface area contributed by atoms with E-state index in [2.05, 4.69) is 9.72 Å². The normalized spacial score (nSPS) is 21.2. The Hall–Kier alpha value is -1.93. The third kappa shape index (κ3) is 3.53. The second-order valence-electron chi connectivity index (χ2n) is 5.44. The van der Waals surface area contributed by atoms with Crippen molar-refractivity contribution in [2.75, 3.05) is 25.1 Å². The number of carbonyl (C=O) groups excluding carboxylic acids is 1. The van der Waals surface area contributed by atoms with E-state index in [1.165, 1.54) is 11.8 Å². The lowest BCUT2D eigenvalue weighted by molar-refractivity contribution is -0.137. The largest absolute Gasteiger partial charge is 0.465 e. The van der Waals surface area contributed by atoms with Crippen LogP contribution in [0.4, 0.5) is 27.8 Å². The van der Waals surface area contributed by atoms with E-state index in [-0.39, 0.29) is 24.5 Å². The Morgan fingerprint density at radius 1 is 1.43 bits per heavy atom. The molecule has 1 aromatic rings. The number of alkyl halides is 5. The maximum Gasteiger partial charge on any atom is 0.417 e. The molecule has 9 heteroatoms. The molecule has 0 N–H and O–H groups in total. The molecule has 23 heavy (non-hydrogen) atoms. The number of halogens is 5. The van der Waals surface area contributed by atoms with E-state index in [9.17, 15) is 26.7 Å². The number of methoxy groups -OCH3 is 1. The zero-order valence-electron chi connectivity index (χ0n) is 12.5. The highest BCUT2D eigenvalue weighted by atomic mass is 19.4. The Balaban J connectivity index is 2.40. The number of carbonyl (C=O) groups is 1. The second-order valence-corrected chi connectivity index (χ2v) is 5.44. The number of nitrogens with zero attached hydrogens (tertiary/aromatic N) is 2. The molecule has 0 spiro atoms. The van der Waals surface area contributed by atoms with Gasteiger partial charge in [0.05, 0.1) is 12.7 Å². The van der Waals surface area contributed by atoms with Crippen molar-refractivity contribution in [3.63, 3.8) is 0 Å². The Bertz CT molecular complexity index is 603. The van der Waals surface area contributed by atoms with Gasteiger partial charge in [0, 0.05) is 31.6 Å². The number of aromatic nitrogens is 1. The van der Waals surface area contributed by atoms with Crippen LogP contribution >= 0.6 is 0 Å². The molecule has 2 heterocycles. The fraction of sp³-hybridized carbons (Fsp3) is 0.571. The highest BCUT2D eigenvalue weighted by Gasteiger charge is 2.42. The lowest BCUT2D eigenvalue weighted by Gasteiger charge is -2.37. The highest BCUT2D eigenvalue weighted by Crippen LogP contribution is 2.37. The van der Waals surface area contributed by atoms with Crippen molar-refractivity contribution < 1.29 is 31.5 Å². The molecule has 1 fully saturated rings. The first-order valence-corrected chi connectivity index (χ1v) is 6.84. The smallest absolute Gasteiger partial charge is 0.417 e. The quantitative estimate of drug-likeness (QED) is 0.613. The molecular formula is C14H15F5N2O2. The third-order valence-corrected chi connectivity index (χ3v) is 3.83. The minimum Gasteiger partial charge on any atom is -0.465 e. The number of piperidine rings is 1. The monoisotopic (exact) mass is 338 g/mol. The van der Waals surface area contributed by atoms with E-state index < -0.39 is 36.0 Å². The molecule has 0 saturated carbocycles. The molecule has 4 nitrogen and oxygen atoms in total. The minimum absolute atomic E-state index is 0.0767. The fourth-order valence-electron chi connectivity index (χ4n) is 2.40. The van der Waals surface area contributed by atoms with Gasteiger partial charge in [-0.05, 0) is 6.07 Å². The van der Waals surface area contributed by atoms with Crippen molar-refractivity contribution >= 4 is 11.8 Å². The molecule has 1 atom stereocenters. The van der Waals surface area contributed by atoms with Crippen molar-refractivity contribution in [3.8, 4) is 0 Å². The van der Waals surface area contributed by atoms with Gasteiger partial charge < -0.3 is 9.64 Å². The van der Waals surface area contributed by atoms with E-state index in [1.54, 1.807) is 0 Å². The summed E-state index contributed by atoms with van der Waals surface area (Å²) in [5, 5.41) is 0. The maximum absolute atomic E-state index is 13.5. The van der Waals surface area contributed by atoms with Crippen LogP contribution in [0.25, 0.3) is 0 Å². The molecule has 1 aliphatic rings. The number of pyridine rings is 1. The lowest BCUT2D eigenvalue weighted by atomic mass is 9.95. The maximum atomic E-state index is 13.5. The first-order chi connectivity index (χ1) is 10.6. The summed E-state index contributed by atoms with van der Waals surface area (Å²) in [6.45, 7) is 1.11. The van der Waals surface area contributed by atoms with Crippen molar-refractivity contribution in [1.29, 1.82) is 0 Å². The molecule has 0 radical (unpaired) electrons. The van der Waals surface area contributed by atoms with E-state index in [1.807, 2.05) is 0 Å². The van der Waals surface area contributed by atoms with Gasteiger partial charge in [-0.3, -0.25) is 0 Å². The topological polar surface area (TPSA) is 42.4 Å². The van der Waals surface area contributed by atoms with Crippen LogP contribution in [0.3, 0.4) is 0 Å². The van der Waals surface area contributed by atoms with Gasteiger partial charge in [-0.1, -0.05) is 6.92 Å². The number of hydrogen-bond donors (Lipinski definition) is 0. The number of esters is 1. The van der Waals surface area contributed by atoms with Crippen LogP contribution in [0.5, 0.6) is 0 Å². The summed E-state index contributed by atoms with van der Waals surface area (Å²) in [7, 11) is 1.03. The Morgan fingerprint density at radius 2 is 2.09 bits per heavy atom. The predicted molar refractivity (Wildman–Crippen MR) is 71.5 cm³/mol. The Labute approximate surface area is 129 Å². The standard InChI is InChI=1S/C14H15F5N2O2/c1-8-7-21(4-3-13(8,15)16)11-10(12(22)23-2)5-9(6-20-11)14(17,18)19/h5-6,8H,3-4,7H2,1-2H3. The van der Waals surface area contributed by atoms with Crippen molar-refractivity contribution in [1.82, 2.24) is 4.98 Å². The SMILES string of the molecule is COC(=O)c1cc(C(F)(F)F)cnc1N1CCC(F)(F)C(C)C1. The number of ether oxygens (including phenoxy) is 1. The number of rotatable bonds is 2. The van der Waals surface area contributed by atoms with Crippen molar-refractivity contribution in [3.05, 3.63) is 23.4 Å². The zero-order valence-corrected chi connectivity index (χ0v) is 12.5. The molecule has 1 unspecified atom stereocenters. The molecule has 0 aromatic carbocycles. The minimum atomic E-state index is -4.67. The van der Waals surface area contributed by atoms with Crippen LogP contribution in [0.2, 0.25) is 0 Å². The van der Waals surface area contributed by atoms with Crippen LogP contribution in [0.1, 0.15) is 29.3 Å². The predicted octanol–water partition coefficient (Wildman–Crippen LogP) is 3.37. The summed E-state index contributed by atoms with van der Waals surface area (Å²) in [5.41, 5.74) is -1.49. The van der Waals surface area contributed by atoms with Crippen LogP contribution < -0.4 is 4.90 Å². The van der Waals surface area contributed by atoms with Gasteiger partial charge >= 0.3 is 12.1 Å². The second kappa shape index (κ2) is 5.93. The summed E-state index contributed by atoms with van der Waals surface area (Å²) in [6, 6.07) is 0.631. The molecule has 1 saturated heterocycles. The molecular weight excluding hydrogens is 323 g/mol. The van der Waals surface area contributed by atoms with Gasteiger partial charge in [0.1, 0.15) is 11.4 Å². The average Bonchev–Trinajstić information content (AvgIpc) is 2.48. The van der Waals surface area contributed by atoms with E-state index in [0.717, 1.165) is 7.11 Å². The average molecular weight is 338 g/mol. The van der Waals surface area contributed by atoms with Crippen molar-refractivity contribution in [2.45, 2.75) is 25.4 Å². The Morgan fingerprint density at radius 3 is 2.61 bits per heavy atom. The molecule has 1 aromatic heterocycles. The van der Waals surface area contributed by atoms with Crippen LogP contribution in [0.15, 0.2) is 12.3 Å². The zero-order chi connectivity index (χ0) is 17.4. The van der Waals surface area contributed by atoms with Crippen LogP contribution in [-0.2, 0) is 10.9 Å². The highest BCUT2D eigenvalue weighted by molar-refractivity contribution is 5.95. The molecule has 128 valence electrons. The van der Waals surface area contributed by atoms with Crippen molar-refractivity contribution in [2.24, 2.45) is 5.92 Å². The fourth-order valence-corrected chi connectivity index (χ4v) is 2.40. The molecule has 1 aliphatic heterocycles. The third-order valence-electron chi connectivity index (χ3n) is 3.83. The van der Waals surface area contributed by atoms with E-state index in [4.69, 9.17) is 0 Å². The number of hydrogen-bond acceptors (Lipinski definition) is 4. The number of anilines is 1. The van der Waals surface area contributed by atoms with Gasteiger partial charge in [0.15, 0.2) is 0 Å². The van der Waals surface area contributed by atoms with Gasteiger partial charge in [-0.15, -0.1) is 0 Å². The van der Waals surface area contributed by atoms with Gasteiger partial charge in [0.25, 0.3) is 5.92 Å². The summed E-state index contributed by atoms with van der Waals surface area (Å²) in [4.78, 5) is 16.8. The van der Waals surface area contributed by atoms with Gasteiger partial charge in [-0.25, -0.2) is 18.6 Å².